The third-order valence-corrected chi connectivity index (χ3v) is 4.15. The van der Waals surface area contributed by atoms with Gasteiger partial charge in [-0.1, -0.05) is 11.6 Å². The minimum Gasteiger partial charge on any atom is -0.497 e. The number of carbonyl (C=O) groups is 1. The summed E-state index contributed by atoms with van der Waals surface area (Å²) in [7, 11) is 3.16. The van der Waals surface area contributed by atoms with E-state index in [0.717, 1.165) is 5.56 Å². The number of nitrogens with zero attached hydrogens (tertiary/aromatic N) is 3. The van der Waals surface area contributed by atoms with Crippen molar-refractivity contribution in [1.29, 1.82) is 0 Å². The van der Waals surface area contributed by atoms with Crippen molar-refractivity contribution in [2.45, 2.75) is 13.0 Å². The maximum absolute atomic E-state index is 12.6. The molecule has 0 saturated carbocycles. The number of methoxy groups -OCH3 is 2. The molecule has 0 fully saturated rings. The highest BCUT2D eigenvalue weighted by Gasteiger charge is 2.22. The van der Waals surface area contributed by atoms with Crippen LogP contribution in [0.2, 0.25) is 5.02 Å². The first-order chi connectivity index (χ1) is 12.0. The maximum Gasteiger partial charge on any atom is 0.273 e. The third kappa shape index (κ3) is 3.23. The van der Waals surface area contributed by atoms with Gasteiger partial charge in [-0.15, -0.1) is 0 Å². The Labute approximate surface area is 149 Å². The molecular weight excluding hydrogens is 344 g/mol. The van der Waals surface area contributed by atoms with Gasteiger partial charge in [0.1, 0.15) is 16.5 Å². The number of carbonyl (C=O) groups excluding carboxylic acids is 1. The van der Waals surface area contributed by atoms with E-state index in [1.54, 1.807) is 44.8 Å². The monoisotopic (exact) mass is 360 g/mol. The second kappa shape index (κ2) is 6.98. The first-order valence-corrected chi connectivity index (χ1v) is 7.94. The summed E-state index contributed by atoms with van der Waals surface area (Å²) in [6, 6.07) is 6.77. The highest BCUT2D eigenvalue weighted by molar-refractivity contribution is 6.36. The molecule has 1 amide bonds. The van der Waals surface area contributed by atoms with Crippen LogP contribution in [-0.4, -0.2) is 34.7 Å². The number of aromatic nitrogens is 3. The molecule has 2 aromatic heterocycles. The smallest absolute Gasteiger partial charge is 0.273 e. The molecule has 0 bridgehead atoms. The third-order valence-electron chi connectivity index (χ3n) is 3.81. The van der Waals surface area contributed by atoms with E-state index in [0.29, 0.717) is 17.1 Å². The number of amides is 1. The Balaban J connectivity index is 1.88. The van der Waals surface area contributed by atoms with E-state index in [1.807, 2.05) is 13.0 Å². The summed E-state index contributed by atoms with van der Waals surface area (Å²) in [5.74, 6) is 0.927. The van der Waals surface area contributed by atoms with E-state index in [4.69, 9.17) is 21.1 Å². The number of fused-ring (bicyclic) bond motifs is 1. The minimum absolute atomic E-state index is 0.120. The van der Waals surface area contributed by atoms with Crippen molar-refractivity contribution in [1.82, 2.24) is 19.9 Å². The van der Waals surface area contributed by atoms with E-state index in [1.165, 1.54) is 4.52 Å². The highest BCUT2D eigenvalue weighted by Crippen LogP contribution is 2.29. The van der Waals surface area contributed by atoms with Crippen molar-refractivity contribution in [3.63, 3.8) is 0 Å². The van der Waals surface area contributed by atoms with Crippen molar-refractivity contribution >= 4 is 23.2 Å². The van der Waals surface area contributed by atoms with Gasteiger partial charge in [-0.05, 0) is 31.2 Å². The van der Waals surface area contributed by atoms with E-state index in [9.17, 15) is 4.79 Å². The fourth-order valence-corrected chi connectivity index (χ4v) is 2.78. The molecule has 1 N–H and O–H groups in total. The van der Waals surface area contributed by atoms with Gasteiger partial charge >= 0.3 is 0 Å². The van der Waals surface area contributed by atoms with Crippen LogP contribution in [0.25, 0.3) is 5.65 Å². The molecule has 1 aromatic carbocycles. The van der Waals surface area contributed by atoms with E-state index < -0.39 is 5.91 Å². The SMILES string of the molecule is COc1ccc(OC)c([C@H](C)NC(=O)c2nn3cccnc3c2Cl)c1. The van der Waals surface area contributed by atoms with Gasteiger partial charge in [0.15, 0.2) is 11.3 Å². The molecule has 130 valence electrons. The van der Waals surface area contributed by atoms with E-state index >= 15 is 0 Å². The topological polar surface area (TPSA) is 77.8 Å². The molecular formula is C17H17ClN4O3. The number of ether oxygens (including phenoxy) is 2. The van der Waals surface area contributed by atoms with Gasteiger partial charge < -0.3 is 14.8 Å². The zero-order valence-electron chi connectivity index (χ0n) is 14.0. The standard InChI is InChI=1S/C17H17ClN4O3/c1-10(12-9-11(24-2)5-6-13(12)25-3)20-17(23)15-14(18)16-19-7-4-8-22(16)21-15/h4-10H,1-3H3,(H,20,23)/t10-/m0/s1. The lowest BCUT2D eigenvalue weighted by Gasteiger charge is -2.17. The highest BCUT2D eigenvalue weighted by atomic mass is 35.5. The van der Waals surface area contributed by atoms with Crippen LogP contribution in [0.1, 0.15) is 29.0 Å². The van der Waals surface area contributed by atoms with Gasteiger partial charge in [0, 0.05) is 18.0 Å². The second-order valence-electron chi connectivity index (χ2n) is 5.35. The predicted octanol–water partition coefficient (Wildman–Crippen LogP) is 2.89. The first-order valence-electron chi connectivity index (χ1n) is 7.56. The van der Waals surface area contributed by atoms with Crippen LogP contribution in [0.5, 0.6) is 11.5 Å². The molecule has 0 unspecified atom stereocenters. The Morgan fingerprint density at radius 3 is 2.80 bits per heavy atom. The summed E-state index contributed by atoms with van der Waals surface area (Å²) >= 11 is 6.24. The summed E-state index contributed by atoms with van der Waals surface area (Å²) in [4.78, 5) is 16.7. The maximum atomic E-state index is 12.6. The van der Waals surface area contributed by atoms with Crippen LogP contribution < -0.4 is 14.8 Å². The number of halogens is 1. The van der Waals surface area contributed by atoms with Crippen molar-refractivity contribution in [2.75, 3.05) is 14.2 Å². The number of nitrogens with one attached hydrogen (secondary N) is 1. The van der Waals surface area contributed by atoms with Gasteiger partial charge in [-0.3, -0.25) is 4.79 Å². The Kier molecular flexibility index (Phi) is 4.76. The molecule has 8 heteroatoms. The molecule has 0 radical (unpaired) electrons. The van der Waals surface area contributed by atoms with Crippen LogP contribution in [0.4, 0.5) is 0 Å². The van der Waals surface area contributed by atoms with Gasteiger partial charge in [-0.2, -0.15) is 5.10 Å². The summed E-state index contributed by atoms with van der Waals surface area (Å²) < 4.78 is 12.1. The fourth-order valence-electron chi connectivity index (χ4n) is 2.52. The van der Waals surface area contributed by atoms with E-state index in [-0.39, 0.29) is 16.8 Å². The quantitative estimate of drug-likeness (QED) is 0.757. The van der Waals surface area contributed by atoms with Crippen molar-refractivity contribution in [2.24, 2.45) is 0 Å². The summed E-state index contributed by atoms with van der Waals surface area (Å²) in [5, 5.41) is 7.28. The lowest BCUT2D eigenvalue weighted by Crippen LogP contribution is -2.27. The Morgan fingerprint density at radius 1 is 1.32 bits per heavy atom. The van der Waals surface area contributed by atoms with Crippen molar-refractivity contribution in [3.8, 4) is 11.5 Å². The number of benzene rings is 1. The van der Waals surface area contributed by atoms with Gasteiger partial charge in [-0.25, -0.2) is 9.50 Å². The predicted molar refractivity (Wildman–Crippen MR) is 93.4 cm³/mol. The summed E-state index contributed by atoms with van der Waals surface area (Å²) in [6.45, 7) is 1.84. The number of hydrogen-bond acceptors (Lipinski definition) is 5. The van der Waals surface area contributed by atoms with Gasteiger partial charge in [0.25, 0.3) is 5.91 Å². The summed E-state index contributed by atoms with van der Waals surface area (Å²) in [5.41, 5.74) is 1.34. The Bertz CT molecular complexity index is 925. The Morgan fingerprint density at radius 2 is 2.12 bits per heavy atom. The van der Waals surface area contributed by atoms with Crippen LogP contribution in [-0.2, 0) is 0 Å². The number of rotatable bonds is 5. The normalized spacial score (nSPS) is 12.0. The average Bonchev–Trinajstić information content (AvgIpc) is 2.98. The lowest BCUT2D eigenvalue weighted by atomic mass is 10.1. The molecule has 25 heavy (non-hydrogen) atoms. The average molecular weight is 361 g/mol. The van der Waals surface area contributed by atoms with Crippen molar-refractivity contribution in [3.05, 3.63) is 52.9 Å². The Hall–Kier alpha value is -2.80. The molecule has 7 nitrogen and oxygen atoms in total. The number of hydrogen-bond donors (Lipinski definition) is 1. The molecule has 0 aliphatic rings. The molecule has 3 aromatic rings. The van der Waals surface area contributed by atoms with Crippen LogP contribution >= 0.6 is 11.6 Å². The van der Waals surface area contributed by atoms with Gasteiger partial charge in [0.05, 0.1) is 20.3 Å². The molecule has 0 spiro atoms. The zero-order valence-corrected chi connectivity index (χ0v) is 14.7. The summed E-state index contributed by atoms with van der Waals surface area (Å²) in [6.07, 6.45) is 3.27. The molecule has 0 aliphatic heterocycles. The minimum atomic E-state index is -0.395. The lowest BCUT2D eigenvalue weighted by molar-refractivity contribution is 0.0934. The van der Waals surface area contributed by atoms with Crippen LogP contribution in [0.15, 0.2) is 36.7 Å². The van der Waals surface area contributed by atoms with Crippen LogP contribution in [0, 0.1) is 0 Å². The first kappa shape index (κ1) is 17.0. The molecule has 0 saturated heterocycles. The van der Waals surface area contributed by atoms with E-state index in [2.05, 4.69) is 15.4 Å². The van der Waals surface area contributed by atoms with Crippen LogP contribution in [0.3, 0.4) is 0 Å². The zero-order chi connectivity index (χ0) is 18.0. The molecule has 1 atom stereocenters. The fraction of sp³-hybridized carbons (Fsp3) is 0.235. The molecule has 2 heterocycles. The molecule has 0 aliphatic carbocycles. The second-order valence-corrected chi connectivity index (χ2v) is 5.73. The van der Waals surface area contributed by atoms with Gasteiger partial charge in [0.2, 0.25) is 0 Å². The van der Waals surface area contributed by atoms with Crippen molar-refractivity contribution < 1.29 is 14.3 Å². The largest absolute Gasteiger partial charge is 0.497 e. The molecule has 3 rings (SSSR count).